The molecule has 78 valence electrons. The maximum Gasteiger partial charge on any atom is 0.161 e. The minimum atomic E-state index is 0.0126. The monoisotopic (exact) mass is 196 g/mol. The number of aryl methyl sites for hydroxylation is 1. The van der Waals surface area contributed by atoms with E-state index in [9.17, 15) is 0 Å². The minimum Gasteiger partial charge on any atom is -0.493 e. The van der Waals surface area contributed by atoms with Gasteiger partial charge in [-0.05, 0) is 24.1 Å². The predicted molar refractivity (Wildman–Crippen MR) is 55.0 cm³/mol. The van der Waals surface area contributed by atoms with Crippen LogP contribution in [0.2, 0.25) is 0 Å². The summed E-state index contributed by atoms with van der Waals surface area (Å²) in [4.78, 5) is 0. The molecule has 1 N–H and O–H groups in total. The average Bonchev–Trinajstić information content (AvgIpc) is 2.26. The highest BCUT2D eigenvalue weighted by Crippen LogP contribution is 2.27. The van der Waals surface area contributed by atoms with Crippen molar-refractivity contribution in [2.24, 2.45) is 0 Å². The fourth-order valence-electron chi connectivity index (χ4n) is 1.21. The summed E-state index contributed by atoms with van der Waals surface area (Å²) < 4.78 is 10.5. The predicted octanol–water partition coefficient (Wildman–Crippen LogP) is 1.63. The van der Waals surface area contributed by atoms with Gasteiger partial charge in [0.1, 0.15) is 6.61 Å². The third-order valence-electron chi connectivity index (χ3n) is 1.99. The molecule has 1 rings (SSSR count). The normalized spacial score (nSPS) is 9.93. The first-order valence-corrected chi connectivity index (χ1v) is 4.72. The van der Waals surface area contributed by atoms with Crippen LogP contribution in [-0.4, -0.2) is 25.4 Å². The topological polar surface area (TPSA) is 38.7 Å². The number of benzene rings is 1. The minimum absolute atomic E-state index is 0.0126. The molecule has 0 bridgehead atoms. The molecule has 0 heterocycles. The molecule has 1 aromatic carbocycles. The number of aliphatic hydroxyl groups excluding tert-OH is 1. The first-order chi connectivity index (χ1) is 6.81. The maximum atomic E-state index is 8.63. The summed E-state index contributed by atoms with van der Waals surface area (Å²) in [7, 11) is 1.61. The van der Waals surface area contributed by atoms with E-state index in [1.165, 1.54) is 5.56 Å². The third kappa shape index (κ3) is 2.64. The summed E-state index contributed by atoms with van der Waals surface area (Å²) in [5.41, 5.74) is 1.21. The molecule has 0 unspecified atom stereocenters. The number of ether oxygens (including phenoxy) is 2. The second-order valence-corrected chi connectivity index (χ2v) is 2.91. The molecule has 3 nitrogen and oxygen atoms in total. The summed E-state index contributed by atoms with van der Waals surface area (Å²) in [6.45, 7) is 2.39. The van der Waals surface area contributed by atoms with Gasteiger partial charge in [0.15, 0.2) is 11.5 Å². The highest BCUT2D eigenvalue weighted by Gasteiger charge is 2.04. The van der Waals surface area contributed by atoms with Gasteiger partial charge in [0.05, 0.1) is 13.7 Å². The van der Waals surface area contributed by atoms with E-state index in [0.717, 1.165) is 12.2 Å². The lowest BCUT2D eigenvalue weighted by atomic mass is 10.1. The fraction of sp³-hybridized carbons (Fsp3) is 0.455. The van der Waals surface area contributed by atoms with Gasteiger partial charge in [-0.1, -0.05) is 13.0 Å². The molecule has 0 fully saturated rings. The van der Waals surface area contributed by atoms with E-state index >= 15 is 0 Å². The van der Waals surface area contributed by atoms with Crippen molar-refractivity contribution in [3.8, 4) is 11.5 Å². The van der Waals surface area contributed by atoms with Crippen molar-refractivity contribution in [3.63, 3.8) is 0 Å². The van der Waals surface area contributed by atoms with Gasteiger partial charge in [-0.15, -0.1) is 0 Å². The van der Waals surface area contributed by atoms with E-state index in [2.05, 4.69) is 6.92 Å². The molecule has 3 heteroatoms. The van der Waals surface area contributed by atoms with Crippen molar-refractivity contribution in [2.75, 3.05) is 20.3 Å². The van der Waals surface area contributed by atoms with E-state index < -0.39 is 0 Å². The summed E-state index contributed by atoms with van der Waals surface area (Å²) in [5.74, 6) is 1.40. The van der Waals surface area contributed by atoms with Crippen LogP contribution in [0.25, 0.3) is 0 Å². The number of methoxy groups -OCH3 is 1. The smallest absolute Gasteiger partial charge is 0.161 e. The van der Waals surface area contributed by atoms with Crippen LogP contribution in [0.4, 0.5) is 0 Å². The van der Waals surface area contributed by atoms with Gasteiger partial charge in [-0.3, -0.25) is 0 Å². The fourth-order valence-corrected chi connectivity index (χ4v) is 1.21. The summed E-state index contributed by atoms with van der Waals surface area (Å²) >= 11 is 0. The lowest BCUT2D eigenvalue weighted by Crippen LogP contribution is -2.03. The van der Waals surface area contributed by atoms with E-state index in [-0.39, 0.29) is 6.61 Å². The Morgan fingerprint density at radius 2 is 2.07 bits per heavy atom. The van der Waals surface area contributed by atoms with Crippen LogP contribution in [0.3, 0.4) is 0 Å². The van der Waals surface area contributed by atoms with Crippen molar-refractivity contribution in [1.82, 2.24) is 0 Å². The second kappa shape index (κ2) is 5.50. The molecule has 0 atom stereocenters. The van der Waals surface area contributed by atoms with Crippen LogP contribution in [-0.2, 0) is 6.42 Å². The SMILES string of the molecule is CCc1ccc(OCCO)c(OC)c1. The number of aliphatic hydroxyl groups is 1. The standard InChI is InChI=1S/C11H16O3/c1-3-9-4-5-10(14-7-6-12)11(8-9)13-2/h4-5,8,12H,3,6-7H2,1-2H3. The quantitative estimate of drug-likeness (QED) is 0.777. The molecule has 0 aliphatic rings. The van der Waals surface area contributed by atoms with Gasteiger partial charge < -0.3 is 14.6 Å². The highest BCUT2D eigenvalue weighted by atomic mass is 16.5. The molecule has 0 aliphatic heterocycles. The number of hydrogen-bond donors (Lipinski definition) is 1. The zero-order valence-corrected chi connectivity index (χ0v) is 8.62. The van der Waals surface area contributed by atoms with Crippen molar-refractivity contribution < 1.29 is 14.6 Å². The molecular weight excluding hydrogens is 180 g/mol. The Balaban J connectivity index is 2.82. The lowest BCUT2D eigenvalue weighted by molar-refractivity contribution is 0.196. The van der Waals surface area contributed by atoms with E-state index in [1.807, 2.05) is 18.2 Å². The van der Waals surface area contributed by atoms with E-state index in [1.54, 1.807) is 7.11 Å². The molecule has 14 heavy (non-hydrogen) atoms. The van der Waals surface area contributed by atoms with Crippen molar-refractivity contribution in [2.45, 2.75) is 13.3 Å². The Labute approximate surface area is 84.3 Å². The van der Waals surface area contributed by atoms with Crippen molar-refractivity contribution in [3.05, 3.63) is 23.8 Å². The maximum absolute atomic E-state index is 8.63. The Bertz CT molecular complexity index is 284. The third-order valence-corrected chi connectivity index (χ3v) is 1.99. The Kier molecular flexibility index (Phi) is 4.26. The molecular formula is C11H16O3. The molecule has 0 spiro atoms. The number of hydrogen-bond acceptors (Lipinski definition) is 3. The van der Waals surface area contributed by atoms with Gasteiger partial charge in [0, 0.05) is 0 Å². The van der Waals surface area contributed by atoms with Gasteiger partial charge >= 0.3 is 0 Å². The summed E-state index contributed by atoms with van der Waals surface area (Å²) in [6.07, 6.45) is 0.969. The second-order valence-electron chi connectivity index (χ2n) is 2.91. The molecule has 0 saturated carbocycles. The molecule has 0 aromatic heterocycles. The van der Waals surface area contributed by atoms with Crippen LogP contribution in [0.1, 0.15) is 12.5 Å². The van der Waals surface area contributed by atoms with E-state index in [4.69, 9.17) is 14.6 Å². The van der Waals surface area contributed by atoms with Crippen LogP contribution >= 0.6 is 0 Å². The molecule has 0 saturated heterocycles. The Hall–Kier alpha value is -1.22. The zero-order valence-electron chi connectivity index (χ0n) is 8.62. The van der Waals surface area contributed by atoms with Gasteiger partial charge in [-0.2, -0.15) is 0 Å². The Morgan fingerprint density at radius 3 is 2.64 bits per heavy atom. The number of rotatable bonds is 5. The Morgan fingerprint density at radius 1 is 1.29 bits per heavy atom. The zero-order chi connectivity index (χ0) is 10.4. The van der Waals surface area contributed by atoms with Crippen LogP contribution in [0.5, 0.6) is 11.5 Å². The first kappa shape index (κ1) is 10.9. The molecule has 0 radical (unpaired) electrons. The van der Waals surface area contributed by atoms with Crippen molar-refractivity contribution in [1.29, 1.82) is 0 Å². The summed E-state index contributed by atoms with van der Waals surface area (Å²) in [5, 5.41) is 8.63. The largest absolute Gasteiger partial charge is 0.493 e. The van der Waals surface area contributed by atoms with E-state index in [0.29, 0.717) is 12.4 Å². The van der Waals surface area contributed by atoms with Crippen LogP contribution < -0.4 is 9.47 Å². The molecule has 1 aromatic rings. The summed E-state index contributed by atoms with van der Waals surface area (Å²) in [6, 6.07) is 5.81. The van der Waals surface area contributed by atoms with Gasteiger partial charge in [0.25, 0.3) is 0 Å². The van der Waals surface area contributed by atoms with Crippen LogP contribution in [0, 0.1) is 0 Å². The van der Waals surface area contributed by atoms with Crippen LogP contribution in [0.15, 0.2) is 18.2 Å². The highest BCUT2D eigenvalue weighted by molar-refractivity contribution is 5.42. The van der Waals surface area contributed by atoms with Gasteiger partial charge in [-0.25, -0.2) is 0 Å². The molecule has 0 amide bonds. The first-order valence-electron chi connectivity index (χ1n) is 4.72. The van der Waals surface area contributed by atoms with Gasteiger partial charge in [0.2, 0.25) is 0 Å². The van der Waals surface area contributed by atoms with Crippen molar-refractivity contribution >= 4 is 0 Å². The average molecular weight is 196 g/mol. The molecule has 0 aliphatic carbocycles. The lowest BCUT2D eigenvalue weighted by Gasteiger charge is -2.10.